The number of benzene rings is 1. The molecule has 0 heterocycles. The summed E-state index contributed by atoms with van der Waals surface area (Å²) in [6, 6.07) is 3.62. The van der Waals surface area contributed by atoms with Gasteiger partial charge in [0.25, 0.3) is 0 Å². The number of nitrogen functional groups attached to an aromatic ring is 1. The monoisotopic (exact) mass is 289 g/mol. The van der Waals surface area contributed by atoms with Gasteiger partial charge in [0.1, 0.15) is 0 Å². The molecule has 0 radical (unpaired) electrons. The largest absolute Gasteiger partial charge is 0.469 e. The molecule has 1 atom stereocenters. The van der Waals surface area contributed by atoms with Gasteiger partial charge in [0.05, 0.1) is 18.6 Å². The van der Waals surface area contributed by atoms with E-state index in [-0.39, 0.29) is 5.56 Å². The Balaban J connectivity index is 3.23. The second-order valence-corrected chi connectivity index (χ2v) is 4.52. The predicted octanol–water partition coefficient (Wildman–Crippen LogP) is 3.73. The summed E-state index contributed by atoms with van der Waals surface area (Å²) in [5, 5.41) is 0. The van der Waals surface area contributed by atoms with Gasteiger partial charge in [-0.1, -0.05) is 31.9 Å². The van der Waals surface area contributed by atoms with Crippen LogP contribution >= 0.6 is 0 Å². The van der Waals surface area contributed by atoms with Gasteiger partial charge in [-0.2, -0.15) is 13.2 Å². The first-order valence-corrected chi connectivity index (χ1v) is 6.36. The lowest BCUT2D eigenvalue weighted by Crippen LogP contribution is -2.18. The maximum Gasteiger partial charge on any atom is 0.418 e. The molecule has 2 N–H and O–H groups in total. The summed E-state index contributed by atoms with van der Waals surface area (Å²) in [5.74, 6) is -1.33. The number of carbonyl (C=O) groups excluding carboxylic acids is 1. The first-order valence-electron chi connectivity index (χ1n) is 6.36. The zero-order valence-corrected chi connectivity index (χ0v) is 11.5. The maximum atomic E-state index is 12.8. The van der Waals surface area contributed by atoms with E-state index in [1.54, 1.807) is 0 Å². The van der Waals surface area contributed by atoms with E-state index in [4.69, 9.17) is 5.73 Å². The van der Waals surface area contributed by atoms with Crippen LogP contribution in [-0.4, -0.2) is 13.1 Å². The van der Waals surface area contributed by atoms with Crippen molar-refractivity contribution in [2.75, 3.05) is 12.8 Å². The Morgan fingerprint density at radius 3 is 2.55 bits per heavy atom. The fourth-order valence-corrected chi connectivity index (χ4v) is 2.08. The molecule has 0 aromatic heterocycles. The molecule has 3 nitrogen and oxygen atoms in total. The Labute approximate surface area is 115 Å². The molecule has 1 aromatic carbocycles. The molecule has 1 rings (SSSR count). The van der Waals surface area contributed by atoms with E-state index in [2.05, 4.69) is 4.74 Å². The molecule has 0 aliphatic heterocycles. The standard InChI is InChI=1S/C14H18F3NO2/c1-3-4-6-10(13(19)20-2)9-7-5-8-11(12(9)18)14(15,16)17/h5,7-8,10H,3-4,6,18H2,1-2H3. The number of esters is 1. The normalized spacial score (nSPS) is 13.1. The molecule has 0 aliphatic carbocycles. The Morgan fingerprint density at radius 1 is 1.40 bits per heavy atom. The molecule has 1 unspecified atom stereocenters. The minimum absolute atomic E-state index is 0.181. The molecule has 0 amide bonds. The van der Waals surface area contributed by atoms with Gasteiger partial charge in [0.2, 0.25) is 0 Å². The van der Waals surface area contributed by atoms with E-state index >= 15 is 0 Å². The molecule has 0 fully saturated rings. The van der Waals surface area contributed by atoms with Crippen molar-refractivity contribution in [2.24, 2.45) is 0 Å². The Bertz CT molecular complexity index is 472. The molecule has 1 aromatic rings. The van der Waals surface area contributed by atoms with Crippen LogP contribution < -0.4 is 5.73 Å². The van der Waals surface area contributed by atoms with Crippen molar-refractivity contribution in [2.45, 2.75) is 38.3 Å². The van der Waals surface area contributed by atoms with Crippen LogP contribution in [0.25, 0.3) is 0 Å². The number of hydrogen-bond donors (Lipinski definition) is 1. The lowest BCUT2D eigenvalue weighted by molar-refractivity contribution is -0.143. The number of rotatable bonds is 5. The van der Waals surface area contributed by atoms with Gasteiger partial charge in [-0.15, -0.1) is 0 Å². The number of hydrogen-bond acceptors (Lipinski definition) is 3. The van der Waals surface area contributed by atoms with Crippen LogP contribution in [0.4, 0.5) is 18.9 Å². The summed E-state index contributed by atoms with van der Waals surface area (Å²) in [5.41, 5.74) is 4.47. The van der Waals surface area contributed by atoms with E-state index in [1.165, 1.54) is 19.2 Å². The topological polar surface area (TPSA) is 52.3 Å². The van der Waals surface area contributed by atoms with Gasteiger partial charge in [-0.25, -0.2) is 0 Å². The second-order valence-electron chi connectivity index (χ2n) is 4.52. The third kappa shape index (κ3) is 3.65. The minimum atomic E-state index is -4.54. The third-order valence-corrected chi connectivity index (χ3v) is 3.15. The fraction of sp³-hybridized carbons (Fsp3) is 0.500. The van der Waals surface area contributed by atoms with Crippen LogP contribution in [-0.2, 0) is 15.7 Å². The summed E-state index contributed by atoms with van der Waals surface area (Å²) in [6.07, 6.45) is -2.60. The Hall–Kier alpha value is -1.72. The number of ether oxygens (including phenoxy) is 1. The smallest absolute Gasteiger partial charge is 0.418 e. The van der Waals surface area contributed by atoms with Gasteiger partial charge in [0, 0.05) is 5.69 Å². The van der Waals surface area contributed by atoms with Gasteiger partial charge < -0.3 is 10.5 Å². The number of methoxy groups -OCH3 is 1. The average Bonchev–Trinajstić information content (AvgIpc) is 2.39. The molecule has 0 spiro atoms. The van der Waals surface area contributed by atoms with Crippen molar-refractivity contribution >= 4 is 11.7 Å². The van der Waals surface area contributed by atoms with Crippen molar-refractivity contribution in [1.29, 1.82) is 0 Å². The molecular formula is C14H18F3NO2. The number of unbranched alkanes of at least 4 members (excludes halogenated alkanes) is 1. The molecule has 20 heavy (non-hydrogen) atoms. The van der Waals surface area contributed by atoms with E-state index in [9.17, 15) is 18.0 Å². The van der Waals surface area contributed by atoms with Crippen molar-refractivity contribution in [1.82, 2.24) is 0 Å². The van der Waals surface area contributed by atoms with Crippen LogP contribution in [0.2, 0.25) is 0 Å². The molecule has 112 valence electrons. The van der Waals surface area contributed by atoms with E-state index in [1.807, 2.05) is 6.92 Å². The number of carbonyl (C=O) groups is 1. The second kappa shape index (κ2) is 6.63. The van der Waals surface area contributed by atoms with Gasteiger partial charge >= 0.3 is 12.1 Å². The Kier molecular flexibility index (Phi) is 5.42. The molecule has 0 saturated heterocycles. The first kappa shape index (κ1) is 16.3. The first-order chi connectivity index (χ1) is 9.32. The van der Waals surface area contributed by atoms with Crippen molar-refractivity contribution < 1.29 is 22.7 Å². The van der Waals surface area contributed by atoms with Crippen molar-refractivity contribution in [3.05, 3.63) is 29.3 Å². The van der Waals surface area contributed by atoms with Gasteiger partial charge in [0.15, 0.2) is 0 Å². The average molecular weight is 289 g/mol. The lowest BCUT2D eigenvalue weighted by Gasteiger charge is -2.19. The molecule has 6 heteroatoms. The highest BCUT2D eigenvalue weighted by atomic mass is 19.4. The molecule has 0 saturated carbocycles. The van der Waals surface area contributed by atoms with Crippen molar-refractivity contribution in [3.8, 4) is 0 Å². The summed E-state index contributed by atoms with van der Waals surface area (Å²) < 4.78 is 43.2. The van der Waals surface area contributed by atoms with Crippen molar-refractivity contribution in [3.63, 3.8) is 0 Å². The van der Waals surface area contributed by atoms with Crippen LogP contribution in [0, 0.1) is 0 Å². The molecule has 0 bridgehead atoms. The summed E-state index contributed by atoms with van der Waals surface area (Å²) in [7, 11) is 1.21. The Morgan fingerprint density at radius 2 is 2.05 bits per heavy atom. The SMILES string of the molecule is CCCCC(C(=O)OC)c1cccc(C(F)(F)F)c1N. The number of alkyl halides is 3. The van der Waals surface area contributed by atoms with Crippen LogP contribution in [0.3, 0.4) is 0 Å². The number of nitrogens with two attached hydrogens (primary N) is 1. The van der Waals surface area contributed by atoms with E-state index in [0.717, 1.165) is 12.5 Å². The minimum Gasteiger partial charge on any atom is -0.469 e. The number of para-hydroxylation sites is 1. The maximum absolute atomic E-state index is 12.8. The highest BCUT2D eigenvalue weighted by molar-refractivity contribution is 5.80. The number of anilines is 1. The third-order valence-electron chi connectivity index (χ3n) is 3.15. The quantitative estimate of drug-likeness (QED) is 0.663. The van der Waals surface area contributed by atoms with Crippen LogP contribution in [0.5, 0.6) is 0 Å². The van der Waals surface area contributed by atoms with Gasteiger partial charge in [-0.05, 0) is 18.1 Å². The highest BCUT2D eigenvalue weighted by Gasteiger charge is 2.35. The summed E-state index contributed by atoms with van der Waals surface area (Å²) in [4.78, 5) is 11.8. The van der Waals surface area contributed by atoms with Crippen LogP contribution in [0.1, 0.15) is 43.2 Å². The number of halogens is 3. The van der Waals surface area contributed by atoms with Crippen LogP contribution in [0.15, 0.2) is 18.2 Å². The van der Waals surface area contributed by atoms with E-state index in [0.29, 0.717) is 12.8 Å². The summed E-state index contributed by atoms with van der Waals surface area (Å²) >= 11 is 0. The predicted molar refractivity (Wildman–Crippen MR) is 70.1 cm³/mol. The fourth-order valence-electron chi connectivity index (χ4n) is 2.08. The van der Waals surface area contributed by atoms with E-state index < -0.39 is 29.3 Å². The zero-order valence-electron chi connectivity index (χ0n) is 11.5. The molecule has 0 aliphatic rings. The summed E-state index contributed by atoms with van der Waals surface area (Å²) in [6.45, 7) is 1.93. The van der Waals surface area contributed by atoms with Gasteiger partial charge in [-0.3, -0.25) is 4.79 Å². The molecular weight excluding hydrogens is 271 g/mol. The highest BCUT2D eigenvalue weighted by Crippen LogP contribution is 2.38. The zero-order chi connectivity index (χ0) is 15.3. The lowest BCUT2D eigenvalue weighted by atomic mass is 9.90.